The van der Waals surface area contributed by atoms with Crippen LogP contribution in [-0.4, -0.2) is 32.4 Å². The highest BCUT2D eigenvalue weighted by molar-refractivity contribution is 6.34. The van der Waals surface area contributed by atoms with Crippen LogP contribution in [0.25, 0.3) is 0 Å². The first kappa shape index (κ1) is 17.2. The van der Waals surface area contributed by atoms with Gasteiger partial charge in [-0.05, 0) is 24.3 Å². The Balaban J connectivity index is 1.79. The molecule has 0 aromatic heterocycles. The Morgan fingerprint density at radius 2 is 1.88 bits per heavy atom. The topological polar surface area (TPSA) is 39.7 Å². The number of nitrogens with zero attached hydrogens (tertiary/aromatic N) is 2. The van der Waals surface area contributed by atoms with Gasteiger partial charge in [0.25, 0.3) is 0 Å². The molecule has 2 aliphatic heterocycles. The summed E-state index contributed by atoms with van der Waals surface area (Å²) in [5, 5.41) is 6.46. The Bertz CT molecular complexity index is 873. The average Bonchev–Trinajstić information content (AvgIpc) is 2.81. The molecule has 4 nitrogen and oxygen atoms in total. The quantitative estimate of drug-likeness (QED) is 0.649. The number of hydrogen-bond acceptors (Lipinski definition) is 4. The van der Waals surface area contributed by atoms with E-state index in [1.807, 2.05) is 18.2 Å². The predicted molar refractivity (Wildman–Crippen MR) is 98.5 cm³/mol. The second-order valence-corrected chi connectivity index (χ2v) is 6.62. The second kappa shape index (κ2) is 6.48. The van der Waals surface area contributed by atoms with Crippen LogP contribution in [0.2, 0.25) is 5.02 Å². The molecule has 1 saturated heterocycles. The molecular formula is C18H16ClF3N4. The molecule has 2 aliphatic rings. The highest BCUT2D eigenvalue weighted by Crippen LogP contribution is 2.43. The van der Waals surface area contributed by atoms with Gasteiger partial charge in [0.2, 0.25) is 0 Å². The van der Waals surface area contributed by atoms with Gasteiger partial charge in [-0.25, -0.2) is 0 Å². The number of piperazine rings is 1. The van der Waals surface area contributed by atoms with Gasteiger partial charge >= 0.3 is 6.18 Å². The summed E-state index contributed by atoms with van der Waals surface area (Å²) in [4.78, 5) is 6.54. The van der Waals surface area contributed by atoms with E-state index in [1.54, 1.807) is 6.21 Å². The van der Waals surface area contributed by atoms with Crippen LogP contribution in [0.1, 0.15) is 11.1 Å². The minimum Gasteiger partial charge on any atom is -0.368 e. The van der Waals surface area contributed by atoms with Crippen molar-refractivity contribution in [1.82, 2.24) is 5.32 Å². The van der Waals surface area contributed by atoms with Gasteiger partial charge in [-0.15, -0.1) is 0 Å². The molecule has 2 aromatic rings. The third kappa shape index (κ3) is 3.12. The Morgan fingerprint density at radius 3 is 2.62 bits per heavy atom. The Hall–Kier alpha value is -2.25. The van der Waals surface area contributed by atoms with Crippen molar-refractivity contribution in [2.24, 2.45) is 4.99 Å². The number of hydrogen-bond donors (Lipinski definition) is 2. The summed E-state index contributed by atoms with van der Waals surface area (Å²) >= 11 is 6.13. The average molecular weight is 381 g/mol. The summed E-state index contributed by atoms with van der Waals surface area (Å²) in [5.41, 5.74) is 2.36. The molecule has 2 heterocycles. The van der Waals surface area contributed by atoms with E-state index in [2.05, 4.69) is 20.5 Å². The highest BCUT2D eigenvalue weighted by Gasteiger charge is 2.32. The van der Waals surface area contributed by atoms with E-state index in [0.717, 1.165) is 55.2 Å². The molecule has 0 spiro atoms. The van der Waals surface area contributed by atoms with E-state index in [0.29, 0.717) is 5.69 Å². The molecule has 2 N–H and O–H groups in total. The van der Waals surface area contributed by atoms with Crippen LogP contribution in [0.4, 0.5) is 35.9 Å². The standard InChI is InChI=1S/C18H16ClF3N4/c19-13-8-11(18(20,21)22)9-15-17(13)25-14-2-1-3-16(12(14)10-24-15)26-6-4-23-5-7-26/h1-3,8-10,23,25H,4-7H2. The summed E-state index contributed by atoms with van der Waals surface area (Å²) < 4.78 is 39.2. The highest BCUT2D eigenvalue weighted by atomic mass is 35.5. The lowest BCUT2D eigenvalue weighted by Crippen LogP contribution is -2.43. The normalized spacial score (nSPS) is 16.5. The number of aliphatic imine (C=N–C) groups is 1. The van der Waals surface area contributed by atoms with E-state index in [4.69, 9.17) is 11.6 Å². The van der Waals surface area contributed by atoms with Crippen LogP contribution in [0.5, 0.6) is 0 Å². The molecule has 0 bridgehead atoms. The molecule has 0 amide bonds. The largest absolute Gasteiger partial charge is 0.416 e. The fraction of sp³-hybridized carbons (Fsp3) is 0.278. The monoisotopic (exact) mass is 380 g/mol. The molecular weight excluding hydrogens is 365 g/mol. The van der Waals surface area contributed by atoms with Gasteiger partial charge in [0.15, 0.2) is 0 Å². The van der Waals surface area contributed by atoms with Crippen LogP contribution in [0.3, 0.4) is 0 Å². The zero-order valence-electron chi connectivity index (χ0n) is 13.7. The van der Waals surface area contributed by atoms with Crippen molar-refractivity contribution in [2.45, 2.75) is 6.18 Å². The minimum atomic E-state index is -4.47. The van der Waals surface area contributed by atoms with E-state index >= 15 is 0 Å². The molecule has 0 unspecified atom stereocenters. The van der Waals surface area contributed by atoms with Gasteiger partial charge in [0, 0.05) is 49.3 Å². The van der Waals surface area contributed by atoms with Crippen molar-refractivity contribution in [1.29, 1.82) is 0 Å². The number of nitrogens with one attached hydrogen (secondary N) is 2. The van der Waals surface area contributed by atoms with Crippen molar-refractivity contribution in [3.8, 4) is 0 Å². The van der Waals surface area contributed by atoms with Crippen LogP contribution in [0, 0.1) is 0 Å². The zero-order chi connectivity index (χ0) is 18.3. The second-order valence-electron chi connectivity index (χ2n) is 6.21. The molecule has 26 heavy (non-hydrogen) atoms. The number of anilines is 3. The molecule has 0 atom stereocenters. The number of benzene rings is 2. The smallest absolute Gasteiger partial charge is 0.368 e. The van der Waals surface area contributed by atoms with Gasteiger partial charge in [-0.3, -0.25) is 4.99 Å². The molecule has 2 aromatic carbocycles. The summed E-state index contributed by atoms with van der Waals surface area (Å²) in [7, 11) is 0. The van der Waals surface area contributed by atoms with Gasteiger partial charge in [0.05, 0.1) is 22.0 Å². The summed E-state index contributed by atoms with van der Waals surface area (Å²) in [6, 6.07) is 7.72. The first-order valence-electron chi connectivity index (χ1n) is 8.24. The van der Waals surface area contributed by atoms with Crippen molar-refractivity contribution in [3.63, 3.8) is 0 Å². The molecule has 1 fully saturated rings. The zero-order valence-corrected chi connectivity index (χ0v) is 14.5. The molecule has 0 aliphatic carbocycles. The Labute approximate surface area is 153 Å². The molecule has 4 rings (SSSR count). The van der Waals surface area contributed by atoms with Crippen LogP contribution >= 0.6 is 11.6 Å². The van der Waals surface area contributed by atoms with E-state index < -0.39 is 11.7 Å². The number of alkyl halides is 3. The maximum Gasteiger partial charge on any atom is 0.416 e. The fourth-order valence-electron chi connectivity index (χ4n) is 3.23. The van der Waals surface area contributed by atoms with Gasteiger partial charge in [-0.1, -0.05) is 17.7 Å². The lowest BCUT2D eigenvalue weighted by Gasteiger charge is -2.31. The maximum atomic E-state index is 13.1. The summed E-state index contributed by atoms with van der Waals surface area (Å²) in [5.74, 6) is 0. The van der Waals surface area contributed by atoms with Gasteiger partial charge < -0.3 is 15.5 Å². The van der Waals surface area contributed by atoms with Crippen LogP contribution in [0.15, 0.2) is 35.3 Å². The molecule has 136 valence electrons. The first-order chi connectivity index (χ1) is 12.4. The van der Waals surface area contributed by atoms with Crippen LogP contribution < -0.4 is 15.5 Å². The molecule has 0 radical (unpaired) electrons. The third-order valence-corrected chi connectivity index (χ3v) is 4.83. The SMILES string of the molecule is FC(F)(F)c1cc(Cl)c2c(c1)N=Cc1c(cccc1N1CCNCC1)N2. The Morgan fingerprint density at radius 1 is 1.12 bits per heavy atom. The van der Waals surface area contributed by atoms with E-state index in [1.165, 1.54) is 0 Å². The lowest BCUT2D eigenvalue weighted by molar-refractivity contribution is -0.137. The fourth-order valence-corrected chi connectivity index (χ4v) is 3.49. The maximum absolute atomic E-state index is 13.1. The summed E-state index contributed by atoms with van der Waals surface area (Å²) in [6.45, 7) is 3.48. The summed E-state index contributed by atoms with van der Waals surface area (Å²) in [6.07, 6.45) is -2.86. The van der Waals surface area contributed by atoms with Crippen molar-refractivity contribution in [2.75, 3.05) is 36.4 Å². The van der Waals surface area contributed by atoms with Gasteiger partial charge in [0.1, 0.15) is 0 Å². The number of rotatable bonds is 1. The van der Waals surface area contributed by atoms with E-state index in [-0.39, 0.29) is 10.7 Å². The Kier molecular flexibility index (Phi) is 4.28. The van der Waals surface area contributed by atoms with E-state index in [9.17, 15) is 13.2 Å². The van der Waals surface area contributed by atoms with Crippen molar-refractivity contribution >= 4 is 40.6 Å². The third-order valence-electron chi connectivity index (χ3n) is 4.53. The van der Waals surface area contributed by atoms with Gasteiger partial charge in [-0.2, -0.15) is 13.2 Å². The molecule has 8 heteroatoms. The van der Waals surface area contributed by atoms with Crippen LogP contribution in [-0.2, 0) is 6.18 Å². The van der Waals surface area contributed by atoms with Crippen molar-refractivity contribution in [3.05, 3.63) is 46.5 Å². The predicted octanol–water partition coefficient (Wildman–Crippen LogP) is 4.58. The van der Waals surface area contributed by atoms with Crippen molar-refractivity contribution < 1.29 is 13.2 Å². The molecule has 0 saturated carbocycles. The number of fused-ring (bicyclic) bond motifs is 2. The first-order valence-corrected chi connectivity index (χ1v) is 8.62. The number of halogens is 4. The lowest BCUT2D eigenvalue weighted by atomic mass is 10.1. The minimum absolute atomic E-state index is 0.00704.